The fraction of sp³-hybridized carbons (Fsp3) is 0.429. The number of rotatable bonds is 11. The minimum Gasteiger partial charge on any atom is -0.396 e. The number of aliphatic hydroxyl groups is 2. The predicted octanol–water partition coefficient (Wildman–Crippen LogP) is 2.78. The lowest BCUT2D eigenvalue weighted by atomic mass is 10.1. The highest BCUT2D eigenvalue weighted by Gasteiger charge is 2.14. The standard InChI is InChI=1S/C21H31NO4/c1-5-16(2)13-17(3)9-7-6-8-10-18(4)20(25)14-21(26)22-19(15-24)11-12-23/h5-10,13,19,23-24H,11-12,14-15H2,1-4H3,(H,22,26)/b8-6+,9-7+,16-5+,17-13+,18-10+. The van der Waals surface area contributed by atoms with E-state index in [0.717, 1.165) is 5.57 Å². The van der Waals surface area contributed by atoms with Crippen molar-refractivity contribution in [3.8, 4) is 0 Å². The van der Waals surface area contributed by atoms with Crippen LogP contribution in [-0.2, 0) is 9.59 Å². The van der Waals surface area contributed by atoms with Gasteiger partial charge < -0.3 is 15.5 Å². The topological polar surface area (TPSA) is 86.6 Å². The number of carbonyl (C=O) groups excluding carboxylic acids is 2. The van der Waals surface area contributed by atoms with Gasteiger partial charge in [0.2, 0.25) is 5.91 Å². The van der Waals surface area contributed by atoms with Gasteiger partial charge in [0.05, 0.1) is 19.1 Å². The van der Waals surface area contributed by atoms with Crippen LogP contribution in [0.3, 0.4) is 0 Å². The number of hydrogen-bond acceptors (Lipinski definition) is 4. The third-order valence-electron chi connectivity index (χ3n) is 3.66. The molecule has 0 aromatic heterocycles. The lowest BCUT2D eigenvalue weighted by Crippen LogP contribution is -2.39. The molecule has 0 saturated carbocycles. The fourth-order valence-corrected chi connectivity index (χ4v) is 1.98. The molecule has 0 saturated heterocycles. The van der Waals surface area contributed by atoms with Gasteiger partial charge >= 0.3 is 0 Å². The van der Waals surface area contributed by atoms with Gasteiger partial charge in [-0.25, -0.2) is 0 Å². The first-order valence-electron chi connectivity index (χ1n) is 8.71. The quantitative estimate of drug-likeness (QED) is 0.300. The third kappa shape index (κ3) is 11.3. The van der Waals surface area contributed by atoms with E-state index in [-0.39, 0.29) is 31.8 Å². The highest BCUT2D eigenvalue weighted by atomic mass is 16.3. The van der Waals surface area contributed by atoms with Crippen LogP contribution < -0.4 is 5.32 Å². The van der Waals surface area contributed by atoms with E-state index in [2.05, 4.69) is 11.4 Å². The molecule has 5 heteroatoms. The van der Waals surface area contributed by atoms with Gasteiger partial charge in [-0.1, -0.05) is 53.7 Å². The molecule has 0 aliphatic rings. The Bertz CT molecular complexity index is 610. The summed E-state index contributed by atoms with van der Waals surface area (Å²) in [5.74, 6) is -0.740. The zero-order valence-corrected chi connectivity index (χ0v) is 16.2. The first kappa shape index (κ1) is 23.8. The molecule has 0 aromatic rings. The van der Waals surface area contributed by atoms with Crippen molar-refractivity contribution >= 4 is 11.7 Å². The summed E-state index contributed by atoms with van der Waals surface area (Å²) in [7, 11) is 0. The molecule has 0 aliphatic carbocycles. The van der Waals surface area contributed by atoms with Gasteiger partial charge in [0.15, 0.2) is 5.78 Å². The van der Waals surface area contributed by atoms with Crippen molar-refractivity contribution in [2.45, 2.75) is 46.6 Å². The van der Waals surface area contributed by atoms with Crippen molar-refractivity contribution in [2.24, 2.45) is 0 Å². The molecule has 0 bridgehead atoms. The molecular formula is C21H31NO4. The zero-order chi connectivity index (χ0) is 19.9. The van der Waals surface area contributed by atoms with E-state index >= 15 is 0 Å². The Morgan fingerprint density at radius 3 is 2.31 bits per heavy atom. The molecular weight excluding hydrogens is 330 g/mol. The van der Waals surface area contributed by atoms with Gasteiger partial charge in [0.25, 0.3) is 0 Å². The summed E-state index contributed by atoms with van der Waals surface area (Å²) < 4.78 is 0. The molecule has 1 unspecified atom stereocenters. The van der Waals surface area contributed by atoms with Crippen LogP contribution in [0.15, 0.2) is 59.3 Å². The summed E-state index contributed by atoms with van der Waals surface area (Å²) in [6.07, 6.45) is 13.2. The molecule has 144 valence electrons. The van der Waals surface area contributed by atoms with Crippen molar-refractivity contribution in [2.75, 3.05) is 13.2 Å². The van der Waals surface area contributed by atoms with Gasteiger partial charge in [-0.05, 0) is 39.7 Å². The maximum absolute atomic E-state index is 12.0. The number of nitrogens with one attached hydrogen (secondary N) is 1. The third-order valence-corrected chi connectivity index (χ3v) is 3.66. The summed E-state index contributed by atoms with van der Waals surface area (Å²) in [6, 6.07) is -0.530. The Morgan fingerprint density at radius 2 is 1.73 bits per heavy atom. The van der Waals surface area contributed by atoms with Crippen molar-refractivity contribution in [3.63, 3.8) is 0 Å². The van der Waals surface area contributed by atoms with E-state index in [9.17, 15) is 9.59 Å². The molecule has 0 fully saturated rings. The number of aliphatic hydroxyl groups excluding tert-OH is 2. The Kier molecular flexibility index (Phi) is 12.8. The number of hydrogen-bond donors (Lipinski definition) is 3. The summed E-state index contributed by atoms with van der Waals surface area (Å²) in [5, 5.41) is 20.4. The second-order valence-corrected chi connectivity index (χ2v) is 6.07. The molecule has 0 aromatic carbocycles. The molecule has 0 heterocycles. The van der Waals surface area contributed by atoms with Crippen molar-refractivity contribution in [1.29, 1.82) is 0 Å². The summed E-state index contributed by atoms with van der Waals surface area (Å²) in [6.45, 7) is 7.28. The lowest BCUT2D eigenvalue weighted by molar-refractivity contribution is -0.127. The van der Waals surface area contributed by atoms with Crippen LogP contribution in [0.4, 0.5) is 0 Å². The minimum absolute atomic E-state index is 0.139. The number of carbonyl (C=O) groups is 2. The first-order chi connectivity index (χ1) is 12.3. The summed E-state index contributed by atoms with van der Waals surface area (Å²) in [5.41, 5.74) is 2.79. The second-order valence-electron chi connectivity index (χ2n) is 6.07. The molecule has 1 atom stereocenters. The molecule has 3 N–H and O–H groups in total. The molecule has 0 radical (unpaired) electrons. The van der Waals surface area contributed by atoms with Crippen molar-refractivity contribution in [3.05, 3.63) is 59.3 Å². The van der Waals surface area contributed by atoms with Crippen LogP contribution in [0.2, 0.25) is 0 Å². The normalized spacial score (nSPS) is 14.9. The number of ketones is 1. The largest absolute Gasteiger partial charge is 0.396 e. The Balaban J connectivity index is 4.55. The SMILES string of the molecule is C/C=C(C)/C=C(C)/C=C/C=C/C=C(\C)C(=O)CC(=O)NC(CO)CCO. The smallest absolute Gasteiger partial charge is 0.228 e. The average Bonchev–Trinajstić information content (AvgIpc) is 2.60. The maximum Gasteiger partial charge on any atom is 0.228 e. The summed E-state index contributed by atoms with van der Waals surface area (Å²) in [4.78, 5) is 23.8. The molecule has 0 spiro atoms. The molecule has 0 aliphatic heterocycles. The van der Waals surface area contributed by atoms with Gasteiger partial charge in [-0.2, -0.15) is 0 Å². The Hall–Kier alpha value is -2.24. The van der Waals surface area contributed by atoms with Gasteiger partial charge in [-0.15, -0.1) is 0 Å². The van der Waals surface area contributed by atoms with E-state index < -0.39 is 11.9 Å². The van der Waals surface area contributed by atoms with E-state index in [4.69, 9.17) is 10.2 Å². The Labute approximate surface area is 156 Å². The van der Waals surface area contributed by atoms with Crippen molar-refractivity contribution < 1.29 is 19.8 Å². The Morgan fingerprint density at radius 1 is 1.04 bits per heavy atom. The lowest BCUT2D eigenvalue weighted by Gasteiger charge is -2.14. The maximum atomic E-state index is 12.0. The van der Waals surface area contributed by atoms with Crippen LogP contribution in [0.25, 0.3) is 0 Å². The molecule has 0 rings (SSSR count). The predicted molar refractivity (Wildman–Crippen MR) is 106 cm³/mol. The van der Waals surface area contributed by atoms with Gasteiger partial charge in [0, 0.05) is 6.61 Å². The number of amides is 1. The van der Waals surface area contributed by atoms with E-state index in [1.165, 1.54) is 5.57 Å². The van der Waals surface area contributed by atoms with Crippen LogP contribution in [0, 0.1) is 0 Å². The van der Waals surface area contributed by atoms with Crippen LogP contribution >= 0.6 is 0 Å². The number of Topliss-reactive ketones (excluding diaryl/α,β-unsaturated/α-hetero) is 1. The van der Waals surface area contributed by atoms with Crippen LogP contribution in [-0.4, -0.2) is 41.2 Å². The summed E-state index contributed by atoms with van der Waals surface area (Å²) >= 11 is 0. The highest BCUT2D eigenvalue weighted by molar-refractivity contribution is 6.06. The molecule has 5 nitrogen and oxygen atoms in total. The van der Waals surface area contributed by atoms with Gasteiger partial charge in [0.1, 0.15) is 0 Å². The van der Waals surface area contributed by atoms with E-state index in [1.54, 1.807) is 19.1 Å². The van der Waals surface area contributed by atoms with E-state index in [0.29, 0.717) is 5.57 Å². The van der Waals surface area contributed by atoms with Crippen LogP contribution in [0.5, 0.6) is 0 Å². The monoisotopic (exact) mass is 361 g/mol. The van der Waals surface area contributed by atoms with E-state index in [1.807, 2.05) is 45.1 Å². The average molecular weight is 361 g/mol. The molecule has 26 heavy (non-hydrogen) atoms. The molecule has 1 amide bonds. The number of allylic oxidation sites excluding steroid dienone is 10. The van der Waals surface area contributed by atoms with Crippen LogP contribution in [0.1, 0.15) is 40.5 Å². The minimum atomic E-state index is -0.530. The highest BCUT2D eigenvalue weighted by Crippen LogP contribution is 2.04. The second kappa shape index (κ2) is 14.0. The van der Waals surface area contributed by atoms with Crippen molar-refractivity contribution in [1.82, 2.24) is 5.32 Å². The zero-order valence-electron chi connectivity index (χ0n) is 16.2. The fourth-order valence-electron chi connectivity index (χ4n) is 1.98. The van der Waals surface area contributed by atoms with Gasteiger partial charge in [-0.3, -0.25) is 9.59 Å². The first-order valence-corrected chi connectivity index (χ1v) is 8.71.